The Bertz CT molecular complexity index is 1370. The summed E-state index contributed by atoms with van der Waals surface area (Å²) in [4.78, 5) is 38.1. The van der Waals surface area contributed by atoms with E-state index in [-0.39, 0.29) is 30.3 Å². The molecule has 1 unspecified atom stereocenters. The number of hydrogen-bond acceptors (Lipinski definition) is 4. The van der Waals surface area contributed by atoms with Crippen molar-refractivity contribution in [2.24, 2.45) is 0 Å². The molecule has 1 amide bonds. The zero-order valence-electron chi connectivity index (χ0n) is 17.6. The summed E-state index contributed by atoms with van der Waals surface area (Å²) >= 11 is 0. The first-order valence-electron chi connectivity index (χ1n) is 10.3. The van der Waals surface area contributed by atoms with Crippen molar-refractivity contribution in [3.63, 3.8) is 0 Å². The van der Waals surface area contributed by atoms with E-state index in [0.717, 1.165) is 11.1 Å². The second kappa shape index (κ2) is 9.03. The molecular weight excluding hydrogens is 406 g/mol. The largest absolute Gasteiger partial charge is 0.331 e. The molecule has 0 bridgehead atoms. The topological polar surface area (TPSA) is 93.3 Å². The first-order valence-corrected chi connectivity index (χ1v) is 10.3. The van der Waals surface area contributed by atoms with Gasteiger partial charge in [-0.2, -0.15) is 0 Å². The molecule has 0 aliphatic carbocycles. The van der Waals surface area contributed by atoms with E-state index in [9.17, 15) is 14.4 Å². The second-order valence-electron chi connectivity index (χ2n) is 7.75. The van der Waals surface area contributed by atoms with Crippen LogP contribution in [0.25, 0.3) is 10.9 Å². The van der Waals surface area contributed by atoms with Crippen molar-refractivity contribution in [1.29, 1.82) is 0 Å². The van der Waals surface area contributed by atoms with E-state index in [1.54, 1.807) is 58.6 Å². The van der Waals surface area contributed by atoms with E-state index in [1.807, 2.05) is 37.3 Å². The summed E-state index contributed by atoms with van der Waals surface area (Å²) in [6, 6.07) is 23.4. The van der Waals surface area contributed by atoms with Crippen molar-refractivity contribution in [2.75, 3.05) is 0 Å². The number of amides is 1. The van der Waals surface area contributed by atoms with Crippen LogP contribution in [0.15, 0.2) is 88.5 Å². The molecule has 162 valence electrons. The van der Waals surface area contributed by atoms with Crippen molar-refractivity contribution in [3.05, 3.63) is 116 Å². The van der Waals surface area contributed by atoms with Gasteiger partial charge in [-0.15, -0.1) is 0 Å². The maximum atomic E-state index is 13.4. The predicted octanol–water partition coefficient (Wildman–Crippen LogP) is 3.13. The van der Waals surface area contributed by atoms with Crippen LogP contribution >= 0.6 is 0 Å². The molecule has 1 atom stereocenters. The fraction of sp³-hybridized carbons (Fsp3) is 0.160. The van der Waals surface area contributed by atoms with Gasteiger partial charge in [0.1, 0.15) is 0 Å². The minimum atomic E-state index is -0.609. The number of fused-ring (bicyclic) bond motifs is 1. The lowest BCUT2D eigenvalue weighted by molar-refractivity contribution is 0.0706. The van der Waals surface area contributed by atoms with E-state index in [0.29, 0.717) is 16.5 Å². The zero-order chi connectivity index (χ0) is 22.7. The number of para-hydroxylation sites is 1. The number of nitrogens with zero attached hydrogens (tertiary/aromatic N) is 2. The number of hydrogen-bond donors (Lipinski definition) is 2. The van der Waals surface area contributed by atoms with Crippen molar-refractivity contribution >= 4 is 16.8 Å². The molecule has 0 fully saturated rings. The SMILES string of the molecule is CC(Cn1c(=O)c2ccccc2n(Cc2ccc(C(=O)NO)cc2)c1=O)c1ccccc1. The molecule has 1 heterocycles. The summed E-state index contributed by atoms with van der Waals surface area (Å²) in [6.07, 6.45) is 0. The third kappa shape index (κ3) is 4.10. The summed E-state index contributed by atoms with van der Waals surface area (Å²) in [5.41, 5.74) is 3.61. The smallest absolute Gasteiger partial charge is 0.289 e. The van der Waals surface area contributed by atoms with Crippen LogP contribution in [-0.4, -0.2) is 20.2 Å². The van der Waals surface area contributed by atoms with Gasteiger partial charge in [-0.05, 0) is 41.3 Å². The Labute approximate surface area is 184 Å². The molecule has 0 aliphatic rings. The number of carbonyl (C=O) groups excluding carboxylic acids is 1. The lowest BCUT2D eigenvalue weighted by Crippen LogP contribution is -2.41. The fourth-order valence-electron chi connectivity index (χ4n) is 3.85. The molecule has 7 nitrogen and oxygen atoms in total. The van der Waals surface area contributed by atoms with Gasteiger partial charge in [0.15, 0.2) is 0 Å². The van der Waals surface area contributed by atoms with Gasteiger partial charge in [0.05, 0.1) is 17.4 Å². The maximum absolute atomic E-state index is 13.4. The number of carbonyl (C=O) groups is 1. The van der Waals surface area contributed by atoms with Crippen LogP contribution in [0.4, 0.5) is 0 Å². The summed E-state index contributed by atoms with van der Waals surface area (Å²) in [7, 11) is 0. The molecule has 4 rings (SSSR count). The van der Waals surface area contributed by atoms with Crippen LogP contribution in [-0.2, 0) is 13.1 Å². The highest BCUT2D eigenvalue weighted by molar-refractivity contribution is 5.93. The van der Waals surface area contributed by atoms with Gasteiger partial charge in [-0.3, -0.25) is 23.9 Å². The van der Waals surface area contributed by atoms with Crippen LogP contribution in [0.2, 0.25) is 0 Å². The van der Waals surface area contributed by atoms with Crippen LogP contribution in [0.5, 0.6) is 0 Å². The van der Waals surface area contributed by atoms with Gasteiger partial charge in [0, 0.05) is 12.1 Å². The molecule has 0 saturated carbocycles. The average Bonchev–Trinajstić information content (AvgIpc) is 2.84. The molecule has 0 spiro atoms. The van der Waals surface area contributed by atoms with Crippen molar-refractivity contribution in [1.82, 2.24) is 14.6 Å². The minimum absolute atomic E-state index is 0.0208. The monoisotopic (exact) mass is 429 g/mol. The first-order chi connectivity index (χ1) is 15.5. The minimum Gasteiger partial charge on any atom is -0.289 e. The summed E-state index contributed by atoms with van der Waals surface area (Å²) < 4.78 is 2.88. The normalized spacial score (nSPS) is 11.9. The summed E-state index contributed by atoms with van der Waals surface area (Å²) in [5.74, 6) is -0.630. The van der Waals surface area contributed by atoms with Gasteiger partial charge in [-0.1, -0.05) is 61.5 Å². The number of benzene rings is 3. The quantitative estimate of drug-likeness (QED) is 0.364. The average molecular weight is 429 g/mol. The highest BCUT2D eigenvalue weighted by atomic mass is 16.5. The van der Waals surface area contributed by atoms with E-state index in [1.165, 1.54) is 4.57 Å². The Morgan fingerprint density at radius 1 is 0.906 bits per heavy atom. The Hall–Kier alpha value is -3.97. The Morgan fingerprint density at radius 3 is 2.25 bits per heavy atom. The molecule has 3 aromatic carbocycles. The van der Waals surface area contributed by atoms with Crippen LogP contribution in [0.3, 0.4) is 0 Å². The number of hydroxylamine groups is 1. The first kappa shape index (κ1) is 21.3. The maximum Gasteiger partial charge on any atom is 0.331 e. The third-order valence-corrected chi connectivity index (χ3v) is 5.62. The molecule has 0 radical (unpaired) electrons. The van der Waals surface area contributed by atoms with Crippen LogP contribution in [0, 0.1) is 0 Å². The van der Waals surface area contributed by atoms with E-state index in [2.05, 4.69) is 0 Å². The van der Waals surface area contributed by atoms with Crippen molar-refractivity contribution in [3.8, 4) is 0 Å². The highest BCUT2D eigenvalue weighted by Gasteiger charge is 2.16. The molecule has 7 heteroatoms. The third-order valence-electron chi connectivity index (χ3n) is 5.62. The van der Waals surface area contributed by atoms with Crippen molar-refractivity contribution in [2.45, 2.75) is 25.9 Å². The zero-order valence-corrected chi connectivity index (χ0v) is 17.6. The van der Waals surface area contributed by atoms with Gasteiger partial charge in [-0.25, -0.2) is 10.3 Å². The second-order valence-corrected chi connectivity index (χ2v) is 7.75. The summed E-state index contributed by atoms with van der Waals surface area (Å²) in [5, 5.41) is 9.26. The van der Waals surface area contributed by atoms with Gasteiger partial charge < -0.3 is 0 Å². The van der Waals surface area contributed by atoms with E-state index in [4.69, 9.17) is 5.21 Å². The lowest BCUT2D eigenvalue weighted by atomic mass is 10.0. The molecule has 0 aliphatic heterocycles. The molecule has 32 heavy (non-hydrogen) atoms. The van der Waals surface area contributed by atoms with Crippen molar-refractivity contribution < 1.29 is 10.0 Å². The van der Waals surface area contributed by atoms with Crippen LogP contribution < -0.4 is 16.7 Å². The highest BCUT2D eigenvalue weighted by Crippen LogP contribution is 2.17. The number of aromatic nitrogens is 2. The Balaban J connectivity index is 1.77. The summed E-state index contributed by atoms with van der Waals surface area (Å²) in [6.45, 7) is 2.49. The Morgan fingerprint density at radius 2 is 1.56 bits per heavy atom. The fourth-order valence-corrected chi connectivity index (χ4v) is 3.85. The predicted molar refractivity (Wildman–Crippen MR) is 122 cm³/mol. The van der Waals surface area contributed by atoms with E-state index < -0.39 is 5.91 Å². The van der Waals surface area contributed by atoms with Gasteiger partial charge >= 0.3 is 5.69 Å². The Kier molecular flexibility index (Phi) is 6.00. The van der Waals surface area contributed by atoms with Gasteiger partial charge in [0.25, 0.3) is 11.5 Å². The number of nitrogens with one attached hydrogen (secondary N) is 1. The molecular formula is C25H23N3O4. The molecule has 1 aromatic heterocycles. The lowest BCUT2D eigenvalue weighted by Gasteiger charge is -2.17. The van der Waals surface area contributed by atoms with Gasteiger partial charge in [0.2, 0.25) is 0 Å². The van der Waals surface area contributed by atoms with E-state index >= 15 is 0 Å². The standard InChI is InChI=1S/C25H23N3O4/c1-17(19-7-3-2-4-8-19)15-28-24(30)21-9-5-6-10-22(21)27(25(28)31)16-18-11-13-20(14-12-18)23(29)26-32/h2-14,17,32H,15-16H2,1H3,(H,26,29). The number of rotatable bonds is 6. The molecule has 2 N–H and O–H groups in total. The van der Waals surface area contributed by atoms with Crippen LogP contribution in [0.1, 0.15) is 34.3 Å². The molecule has 4 aromatic rings. The molecule has 0 saturated heterocycles.